The van der Waals surface area contributed by atoms with Gasteiger partial charge in [0.1, 0.15) is 5.82 Å². The number of carbonyl (C=O) groups excluding carboxylic acids is 2. The molecule has 0 aliphatic heterocycles. The average Bonchev–Trinajstić information content (AvgIpc) is 3.53. The number of hydrogen-bond donors (Lipinski definition) is 3. The van der Waals surface area contributed by atoms with Crippen LogP contribution in [0, 0.1) is 0 Å². The first-order valence-corrected chi connectivity index (χ1v) is 13.2. The molecule has 1 aromatic heterocycles. The molecule has 6 nitrogen and oxygen atoms in total. The van der Waals surface area contributed by atoms with Gasteiger partial charge in [-0.2, -0.15) is 0 Å². The maximum atomic E-state index is 12.8. The number of imidazole rings is 1. The minimum absolute atomic E-state index is 0.0461. The predicted molar refractivity (Wildman–Crippen MR) is 148 cm³/mol. The fourth-order valence-electron chi connectivity index (χ4n) is 4.34. The minimum Gasteiger partial charge on any atom is -0.349 e. The molecule has 0 saturated heterocycles. The number of alkyl halides is 2. The van der Waals surface area contributed by atoms with E-state index >= 15 is 0 Å². The molecular weight excluding hydrogens is 495 g/mol. The lowest BCUT2D eigenvalue weighted by Gasteiger charge is -2.11. The Morgan fingerprint density at radius 2 is 1.89 bits per heavy atom. The third-order valence-corrected chi connectivity index (χ3v) is 6.47. The molecule has 1 atom stereocenters. The van der Waals surface area contributed by atoms with Crippen molar-refractivity contribution in [3.8, 4) is 11.4 Å². The van der Waals surface area contributed by atoms with Gasteiger partial charge in [0.05, 0.1) is 11.0 Å². The first-order chi connectivity index (χ1) is 17.4. The third kappa shape index (κ3) is 6.77. The summed E-state index contributed by atoms with van der Waals surface area (Å²) in [4.78, 5) is 33.4. The number of aromatic amines is 1. The van der Waals surface area contributed by atoms with Gasteiger partial charge in [-0.05, 0) is 68.7 Å². The Labute approximate surface area is 221 Å². The Hall–Kier alpha value is -3.09. The summed E-state index contributed by atoms with van der Waals surface area (Å²) in [6.45, 7) is 1.81. The van der Waals surface area contributed by atoms with Gasteiger partial charge in [0.15, 0.2) is 0 Å². The van der Waals surface area contributed by atoms with Crippen LogP contribution in [0.5, 0.6) is 0 Å². The zero-order chi connectivity index (χ0) is 25.5. The van der Waals surface area contributed by atoms with E-state index in [1.165, 1.54) is 12.8 Å². The fourth-order valence-corrected chi connectivity index (χ4v) is 4.61. The number of carbonyl (C=O) groups is 2. The van der Waals surface area contributed by atoms with Crippen molar-refractivity contribution in [1.82, 2.24) is 15.3 Å². The highest BCUT2D eigenvalue weighted by Crippen LogP contribution is 2.24. The molecule has 36 heavy (non-hydrogen) atoms. The van der Waals surface area contributed by atoms with Gasteiger partial charge >= 0.3 is 0 Å². The molecule has 8 heteroatoms. The summed E-state index contributed by atoms with van der Waals surface area (Å²) in [5, 5.41) is 5.78. The average molecular weight is 525 g/mol. The predicted octanol–water partition coefficient (Wildman–Crippen LogP) is 6.58. The number of hydrogen-bond acceptors (Lipinski definition) is 3. The number of aromatic nitrogens is 2. The zero-order valence-electron chi connectivity index (χ0n) is 20.2. The number of H-pyrrole nitrogens is 1. The number of rotatable bonds is 9. The second-order valence-corrected chi connectivity index (χ2v) is 10.00. The minimum atomic E-state index is -0.264. The Kier molecular flexibility index (Phi) is 8.83. The largest absolute Gasteiger partial charge is 0.349 e. The van der Waals surface area contributed by atoms with E-state index in [1.54, 1.807) is 12.2 Å². The number of nitrogens with one attached hydrogen (secondary N) is 3. The maximum absolute atomic E-state index is 12.8. The van der Waals surface area contributed by atoms with Crippen LogP contribution >= 0.6 is 23.2 Å². The fraction of sp³-hybridized carbons (Fsp3) is 0.321. The Balaban J connectivity index is 1.45. The molecule has 1 fully saturated rings. The normalized spacial score (nSPS) is 15.5. The topological polar surface area (TPSA) is 86.9 Å². The Morgan fingerprint density at radius 3 is 2.58 bits per heavy atom. The van der Waals surface area contributed by atoms with E-state index in [-0.39, 0.29) is 23.2 Å². The quantitative estimate of drug-likeness (QED) is 0.168. The van der Waals surface area contributed by atoms with Crippen LogP contribution in [0.3, 0.4) is 0 Å². The van der Waals surface area contributed by atoms with Crippen LogP contribution in [-0.4, -0.2) is 39.1 Å². The van der Waals surface area contributed by atoms with Gasteiger partial charge in [-0.1, -0.05) is 31.1 Å². The number of nitrogens with zero attached hydrogens (tertiary/aromatic N) is 1. The number of halogens is 2. The summed E-state index contributed by atoms with van der Waals surface area (Å²) in [6, 6.07) is 13.2. The lowest BCUT2D eigenvalue weighted by molar-refractivity contribution is -0.112. The molecule has 0 bridgehead atoms. The van der Waals surface area contributed by atoms with Crippen molar-refractivity contribution >= 4 is 51.7 Å². The second kappa shape index (κ2) is 12.2. The van der Waals surface area contributed by atoms with Gasteiger partial charge in [-0.25, -0.2) is 4.98 Å². The van der Waals surface area contributed by atoms with Crippen molar-refractivity contribution in [1.29, 1.82) is 0 Å². The third-order valence-electron chi connectivity index (χ3n) is 6.17. The van der Waals surface area contributed by atoms with Gasteiger partial charge in [0.2, 0.25) is 0 Å². The van der Waals surface area contributed by atoms with E-state index in [2.05, 4.69) is 20.6 Å². The molecule has 0 radical (unpaired) electrons. The molecule has 1 heterocycles. The molecule has 1 aliphatic rings. The molecule has 1 saturated carbocycles. The summed E-state index contributed by atoms with van der Waals surface area (Å²) < 4.78 is 0. The summed E-state index contributed by atoms with van der Waals surface area (Å²) in [5.74, 6) is 0.833. The monoisotopic (exact) mass is 524 g/mol. The molecule has 4 rings (SSSR count). The number of amides is 2. The maximum Gasteiger partial charge on any atom is 0.251 e. The molecule has 188 valence electrons. The first-order valence-electron chi connectivity index (χ1n) is 12.2. The van der Waals surface area contributed by atoms with Gasteiger partial charge in [0, 0.05) is 39.7 Å². The zero-order valence-corrected chi connectivity index (χ0v) is 21.7. The van der Waals surface area contributed by atoms with E-state index in [1.807, 2.05) is 55.5 Å². The number of anilines is 1. The summed E-state index contributed by atoms with van der Waals surface area (Å²) >= 11 is 11.8. The van der Waals surface area contributed by atoms with Crippen LogP contribution in [0.25, 0.3) is 22.4 Å². The van der Waals surface area contributed by atoms with Crippen molar-refractivity contribution in [3.63, 3.8) is 0 Å². The standard InChI is InChI=1S/C28H30Cl2N4O2/c1-18(30)16-20(6-4-5-15-29)27(35)32-23-12-9-19(10-13-23)26-33-24-14-11-21(17-25(24)34-26)28(36)31-22-7-2-3-8-22/h4-5,9-14,16-18,22H,2-3,6-8,15H2,1H3,(H,31,36)(H,32,35)(H,33,34)/b5-4-,20-16+. The summed E-state index contributed by atoms with van der Waals surface area (Å²) in [7, 11) is 0. The van der Waals surface area contributed by atoms with Crippen LogP contribution in [0.15, 0.2) is 66.3 Å². The highest BCUT2D eigenvalue weighted by atomic mass is 35.5. The lowest BCUT2D eigenvalue weighted by atomic mass is 10.1. The van der Waals surface area contributed by atoms with Crippen molar-refractivity contribution in [2.24, 2.45) is 0 Å². The highest BCUT2D eigenvalue weighted by molar-refractivity contribution is 6.22. The summed E-state index contributed by atoms with van der Waals surface area (Å²) in [6.07, 6.45) is 10.3. The van der Waals surface area contributed by atoms with Crippen molar-refractivity contribution in [2.45, 2.75) is 50.4 Å². The smallest absolute Gasteiger partial charge is 0.251 e. The van der Waals surface area contributed by atoms with E-state index in [0.29, 0.717) is 34.9 Å². The molecule has 1 aliphatic carbocycles. The lowest BCUT2D eigenvalue weighted by Crippen LogP contribution is -2.32. The Bertz CT molecular complexity index is 1270. The van der Waals surface area contributed by atoms with Gasteiger partial charge in [-0.3, -0.25) is 9.59 Å². The first kappa shape index (κ1) is 26.0. The van der Waals surface area contributed by atoms with Crippen LogP contribution in [-0.2, 0) is 4.79 Å². The molecule has 3 aromatic rings. The Morgan fingerprint density at radius 1 is 1.14 bits per heavy atom. The number of allylic oxidation sites excluding steroid dienone is 3. The number of fused-ring (bicyclic) bond motifs is 1. The van der Waals surface area contributed by atoms with E-state index in [4.69, 9.17) is 23.2 Å². The molecule has 2 amide bonds. The van der Waals surface area contributed by atoms with Crippen molar-refractivity contribution < 1.29 is 9.59 Å². The van der Waals surface area contributed by atoms with Gasteiger partial charge in [0.25, 0.3) is 11.8 Å². The molecule has 0 spiro atoms. The number of benzene rings is 2. The molecular formula is C28H30Cl2N4O2. The SMILES string of the molecule is CC(Cl)/C=C(\C/C=C\CCl)C(=O)Nc1ccc(-c2nc3ccc(C(=O)NC4CCCC4)cc3[nH]2)cc1. The molecule has 2 aromatic carbocycles. The summed E-state index contributed by atoms with van der Waals surface area (Å²) in [5.41, 5.74) is 4.33. The van der Waals surface area contributed by atoms with Crippen LogP contribution in [0.1, 0.15) is 49.4 Å². The second-order valence-electron chi connectivity index (χ2n) is 9.00. The van der Waals surface area contributed by atoms with E-state index < -0.39 is 0 Å². The van der Waals surface area contributed by atoms with Crippen molar-refractivity contribution in [2.75, 3.05) is 11.2 Å². The molecule has 3 N–H and O–H groups in total. The van der Waals surface area contributed by atoms with Crippen LogP contribution in [0.4, 0.5) is 5.69 Å². The van der Waals surface area contributed by atoms with E-state index in [0.717, 1.165) is 29.4 Å². The highest BCUT2D eigenvalue weighted by Gasteiger charge is 2.18. The van der Waals surface area contributed by atoms with Crippen LogP contribution < -0.4 is 10.6 Å². The van der Waals surface area contributed by atoms with Gasteiger partial charge < -0.3 is 15.6 Å². The molecule has 1 unspecified atom stereocenters. The van der Waals surface area contributed by atoms with Crippen LogP contribution in [0.2, 0.25) is 0 Å². The van der Waals surface area contributed by atoms with Gasteiger partial charge in [-0.15, -0.1) is 23.2 Å². The van der Waals surface area contributed by atoms with E-state index in [9.17, 15) is 9.59 Å². The van der Waals surface area contributed by atoms with Crippen molar-refractivity contribution in [3.05, 3.63) is 71.8 Å².